The van der Waals surface area contributed by atoms with Crippen LogP contribution in [-0.4, -0.2) is 56.4 Å². The maximum absolute atomic E-state index is 6.80. The van der Waals surface area contributed by atoms with Crippen LogP contribution >= 0.6 is 23.4 Å². The van der Waals surface area contributed by atoms with E-state index in [2.05, 4.69) is 26.9 Å². The van der Waals surface area contributed by atoms with Gasteiger partial charge in [0.15, 0.2) is 5.65 Å². The molecule has 2 atom stereocenters. The summed E-state index contributed by atoms with van der Waals surface area (Å²) in [5.74, 6) is 0.892. The Morgan fingerprint density at radius 1 is 1.11 bits per heavy atom. The minimum Gasteiger partial charge on any atom is -0.376 e. The number of hydrogen-bond acceptors (Lipinski definition) is 8. The van der Waals surface area contributed by atoms with Gasteiger partial charge in [-0.15, -0.1) is 0 Å². The average Bonchev–Trinajstić information content (AvgIpc) is 3.46. The number of rotatable bonds is 4. The molecule has 3 aromatic heterocycles. The topological polar surface area (TPSA) is 94.5 Å². The summed E-state index contributed by atoms with van der Waals surface area (Å²) in [5, 5.41) is 5.72. The van der Waals surface area contributed by atoms with E-state index in [1.165, 1.54) is 11.8 Å². The predicted octanol–water partition coefficient (Wildman–Crippen LogP) is 4.32. The SMILES string of the molecule is C[C@@H]1OCC2(CCN(c3cnc(Sc4cccc(-c5cnc6ccnn6c5)c4Cl)cn3)CC2)[C@@H]1N. The molecule has 0 bridgehead atoms. The molecule has 8 nitrogen and oxygen atoms in total. The highest BCUT2D eigenvalue weighted by molar-refractivity contribution is 7.99. The molecule has 2 aliphatic rings. The van der Waals surface area contributed by atoms with E-state index in [1.54, 1.807) is 10.7 Å². The summed E-state index contributed by atoms with van der Waals surface area (Å²) >= 11 is 8.30. The number of nitrogens with zero attached hydrogens (tertiary/aromatic N) is 6. The minimum absolute atomic E-state index is 0.0956. The van der Waals surface area contributed by atoms with E-state index < -0.39 is 0 Å². The zero-order valence-corrected chi connectivity index (χ0v) is 20.9. The van der Waals surface area contributed by atoms with Crippen LogP contribution in [0.15, 0.2) is 65.2 Å². The molecule has 180 valence electrons. The lowest BCUT2D eigenvalue weighted by Gasteiger charge is -2.41. The van der Waals surface area contributed by atoms with Gasteiger partial charge in [-0.3, -0.25) is 0 Å². The van der Waals surface area contributed by atoms with Crippen molar-refractivity contribution in [1.82, 2.24) is 24.6 Å². The molecule has 35 heavy (non-hydrogen) atoms. The third-order valence-electron chi connectivity index (χ3n) is 7.28. The van der Waals surface area contributed by atoms with Gasteiger partial charge in [0, 0.05) is 59.0 Å². The van der Waals surface area contributed by atoms with Gasteiger partial charge in [-0.05, 0) is 25.8 Å². The summed E-state index contributed by atoms with van der Waals surface area (Å²) in [6.07, 6.45) is 11.3. The Hall–Kier alpha value is -2.72. The number of anilines is 1. The summed E-state index contributed by atoms with van der Waals surface area (Å²) < 4.78 is 7.58. The van der Waals surface area contributed by atoms with Gasteiger partial charge in [0.1, 0.15) is 10.8 Å². The molecular weight excluding hydrogens is 482 g/mol. The summed E-state index contributed by atoms with van der Waals surface area (Å²) in [6, 6.07) is 7.93. The van der Waals surface area contributed by atoms with E-state index in [1.807, 2.05) is 49.1 Å². The molecule has 0 unspecified atom stereocenters. The van der Waals surface area contributed by atoms with Crippen LogP contribution in [0.4, 0.5) is 5.82 Å². The smallest absolute Gasteiger partial charge is 0.154 e. The largest absolute Gasteiger partial charge is 0.376 e. The number of hydrogen-bond donors (Lipinski definition) is 1. The first-order valence-electron chi connectivity index (χ1n) is 11.7. The van der Waals surface area contributed by atoms with Crippen LogP contribution in [0.1, 0.15) is 19.8 Å². The van der Waals surface area contributed by atoms with Gasteiger partial charge in [-0.25, -0.2) is 19.5 Å². The Balaban J connectivity index is 1.16. The van der Waals surface area contributed by atoms with Gasteiger partial charge in [-0.2, -0.15) is 5.10 Å². The van der Waals surface area contributed by atoms with Crippen molar-refractivity contribution in [1.29, 1.82) is 0 Å². The van der Waals surface area contributed by atoms with Crippen molar-refractivity contribution in [3.05, 3.63) is 60.3 Å². The van der Waals surface area contributed by atoms with E-state index >= 15 is 0 Å². The van der Waals surface area contributed by atoms with Crippen molar-refractivity contribution in [2.24, 2.45) is 11.1 Å². The molecule has 0 aliphatic carbocycles. The van der Waals surface area contributed by atoms with Crippen LogP contribution < -0.4 is 10.6 Å². The number of piperidine rings is 1. The van der Waals surface area contributed by atoms with Crippen molar-refractivity contribution in [3.63, 3.8) is 0 Å². The van der Waals surface area contributed by atoms with Gasteiger partial charge in [0.05, 0.1) is 36.3 Å². The first-order valence-corrected chi connectivity index (χ1v) is 12.9. The Morgan fingerprint density at radius 3 is 2.71 bits per heavy atom. The van der Waals surface area contributed by atoms with Gasteiger partial charge in [0.25, 0.3) is 0 Å². The molecule has 4 aromatic rings. The standard InChI is InChI=1S/C25H26ClN7OS/c1-16-24(27)25(15-34-16)6-9-32(10-7-25)21-12-30-22(13-29-21)35-19-4-2-3-18(23(19)26)17-11-28-20-5-8-31-33(20)14-17/h2-5,8,11-14,16,24H,6-7,9-10,15,27H2,1H3/t16-,24+/m0/s1. The second kappa shape index (κ2) is 9.05. The molecular formula is C25H26ClN7OS. The monoisotopic (exact) mass is 507 g/mol. The number of nitrogens with two attached hydrogens (primary N) is 1. The van der Waals surface area contributed by atoms with E-state index in [9.17, 15) is 0 Å². The lowest BCUT2D eigenvalue weighted by atomic mass is 9.73. The van der Waals surface area contributed by atoms with Crippen molar-refractivity contribution in [2.75, 3.05) is 24.6 Å². The van der Waals surface area contributed by atoms with E-state index in [0.29, 0.717) is 5.02 Å². The van der Waals surface area contributed by atoms with Crippen molar-refractivity contribution in [3.8, 4) is 11.1 Å². The number of ether oxygens (including phenoxy) is 1. The maximum Gasteiger partial charge on any atom is 0.154 e. The summed E-state index contributed by atoms with van der Waals surface area (Å²) in [7, 11) is 0. The third-order valence-corrected chi connectivity index (χ3v) is 8.78. The number of fused-ring (bicyclic) bond motifs is 1. The van der Waals surface area contributed by atoms with Crippen molar-refractivity contribution in [2.45, 2.75) is 41.8 Å². The molecule has 1 spiro atoms. The van der Waals surface area contributed by atoms with Gasteiger partial charge in [-0.1, -0.05) is 35.5 Å². The maximum atomic E-state index is 6.80. The molecule has 5 heterocycles. The quantitative estimate of drug-likeness (QED) is 0.436. The first-order chi connectivity index (χ1) is 17.0. The summed E-state index contributed by atoms with van der Waals surface area (Å²) in [4.78, 5) is 17.0. The molecule has 2 aliphatic heterocycles. The Bertz CT molecular complexity index is 1350. The predicted molar refractivity (Wildman–Crippen MR) is 137 cm³/mol. The van der Waals surface area contributed by atoms with Gasteiger partial charge >= 0.3 is 0 Å². The second-order valence-corrected chi connectivity index (χ2v) is 10.7. The van der Waals surface area contributed by atoms with E-state index in [4.69, 9.17) is 27.1 Å². The number of aromatic nitrogens is 5. The fraction of sp³-hybridized carbons (Fsp3) is 0.360. The Labute approximate surface area is 212 Å². The van der Waals surface area contributed by atoms with E-state index in [-0.39, 0.29) is 17.6 Å². The minimum atomic E-state index is 0.0956. The Morgan fingerprint density at radius 2 is 1.97 bits per heavy atom. The van der Waals surface area contributed by atoms with Crippen LogP contribution in [0.25, 0.3) is 16.8 Å². The molecule has 2 N–H and O–H groups in total. The molecule has 6 rings (SSSR count). The summed E-state index contributed by atoms with van der Waals surface area (Å²) in [6.45, 7) is 4.65. The zero-order valence-electron chi connectivity index (χ0n) is 19.3. The molecule has 2 fully saturated rings. The molecule has 1 aromatic carbocycles. The third kappa shape index (κ3) is 4.16. The summed E-state index contributed by atoms with van der Waals surface area (Å²) in [5.41, 5.74) is 9.14. The fourth-order valence-electron chi connectivity index (χ4n) is 5.05. The highest BCUT2D eigenvalue weighted by Crippen LogP contribution is 2.42. The number of halogens is 1. The second-order valence-electron chi connectivity index (χ2n) is 9.30. The normalized spacial score (nSPS) is 21.7. The van der Waals surface area contributed by atoms with Gasteiger partial charge in [0.2, 0.25) is 0 Å². The van der Waals surface area contributed by atoms with Crippen LogP contribution in [0, 0.1) is 5.41 Å². The lowest BCUT2D eigenvalue weighted by Crippen LogP contribution is -2.50. The fourth-order valence-corrected chi connectivity index (χ4v) is 6.19. The van der Waals surface area contributed by atoms with Crippen molar-refractivity contribution >= 4 is 34.8 Å². The van der Waals surface area contributed by atoms with E-state index in [0.717, 1.165) is 65.1 Å². The zero-order chi connectivity index (χ0) is 24.0. The van der Waals surface area contributed by atoms with Crippen LogP contribution in [-0.2, 0) is 4.74 Å². The van der Waals surface area contributed by atoms with Gasteiger partial charge < -0.3 is 15.4 Å². The van der Waals surface area contributed by atoms with Crippen molar-refractivity contribution < 1.29 is 4.74 Å². The number of benzene rings is 1. The molecule has 2 saturated heterocycles. The highest BCUT2D eigenvalue weighted by Gasteiger charge is 2.47. The van der Waals surface area contributed by atoms with Crippen LogP contribution in [0.2, 0.25) is 5.02 Å². The van der Waals surface area contributed by atoms with Crippen LogP contribution in [0.5, 0.6) is 0 Å². The molecule has 0 saturated carbocycles. The Kier molecular flexibility index (Phi) is 5.88. The van der Waals surface area contributed by atoms with Crippen LogP contribution in [0.3, 0.4) is 0 Å². The average molecular weight is 508 g/mol. The first kappa shape index (κ1) is 22.7. The highest BCUT2D eigenvalue weighted by atomic mass is 35.5. The molecule has 0 amide bonds. The lowest BCUT2D eigenvalue weighted by molar-refractivity contribution is 0.0974. The molecule has 10 heteroatoms. The molecule has 0 radical (unpaired) electrons.